The molecule has 4 nitrogen and oxygen atoms in total. The van der Waals surface area contributed by atoms with Gasteiger partial charge >= 0.3 is 5.97 Å². The minimum Gasteiger partial charge on any atom is -0.465 e. The predicted molar refractivity (Wildman–Crippen MR) is 84.9 cm³/mol. The van der Waals surface area contributed by atoms with E-state index in [1.54, 1.807) is 11.3 Å². The van der Waals surface area contributed by atoms with E-state index in [4.69, 9.17) is 9.72 Å². The second-order valence-electron chi connectivity index (χ2n) is 6.75. The lowest BCUT2D eigenvalue weighted by atomic mass is 9.87. The molecule has 2 aliphatic rings. The molecular weight excluding hydrogens is 284 g/mol. The van der Waals surface area contributed by atoms with Crippen molar-refractivity contribution in [3.8, 4) is 0 Å². The molecule has 3 rings (SSSR count). The zero-order chi connectivity index (χ0) is 15.0. The highest BCUT2D eigenvalue weighted by atomic mass is 32.1. The molecule has 0 amide bonds. The number of carbonyl (C=O) groups is 1. The monoisotopic (exact) mass is 308 g/mol. The number of aryl methyl sites for hydroxylation is 1. The molecule has 0 aliphatic heterocycles. The standard InChI is InChI=1S/C16H24N2O2S/c1-4-20-14(19)10-7-8-11-13(10)18-15(21-11)17-12-6-5-9-16(12,2)3/h10,12H,4-9H2,1-3H3,(H,17,18). The van der Waals surface area contributed by atoms with E-state index in [-0.39, 0.29) is 11.9 Å². The van der Waals surface area contributed by atoms with Crippen molar-refractivity contribution in [2.24, 2.45) is 5.41 Å². The van der Waals surface area contributed by atoms with Crippen molar-refractivity contribution in [3.05, 3.63) is 10.6 Å². The Bertz CT molecular complexity index is 538. The summed E-state index contributed by atoms with van der Waals surface area (Å²) in [6.07, 6.45) is 5.55. The topological polar surface area (TPSA) is 51.2 Å². The van der Waals surface area contributed by atoms with Crippen LogP contribution in [0.2, 0.25) is 0 Å². The number of anilines is 1. The summed E-state index contributed by atoms with van der Waals surface area (Å²) in [5.74, 6) is -0.266. The lowest BCUT2D eigenvalue weighted by Gasteiger charge is -2.27. The number of rotatable bonds is 4. The average Bonchev–Trinajstić information content (AvgIpc) is 3.05. The molecule has 1 N–H and O–H groups in total. The average molecular weight is 308 g/mol. The van der Waals surface area contributed by atoms with Crippen molar-refractivity contribution in [1.82, 2.24) is 4.98 Å². The highest BCUT2D eigenvalue weighted by Crippen LogP contribution is 2.42. The minimum atomic E-state index is -0.150. The van der Waals surface area contributed by atoms with Crippen LogP contribution in [0, 0.1) is 5.41 Å². The van der Waals surface area contributed by atoms with Gasteiger partial charge in [-0.1, -0.05) is 20.3 Å². The second-order valence-corrected chi connectivity index (χ2v) is 7.83. The predicted octanol–water partition coefficient (Wildman–Crippen LogP) is 3.73. The molecule has 116 valence electrons. The van der Waals surface area contributed by atoms with Crippen LogP contribution in [0.4, 0.5) is 5.13 Å². The summed E-state index contributed by atoms with van der Waals surface area (Å²) in [7, 11) is 0. The molecule has 0 aromatic carbocycles. The third-order valence-corrected chi connectivity index (χ3v) is 5.91. The number of thiazole rings is 1. The molecule has 1 saturated carbocycles. The van der Waals surface area contributed by atoms with Crippen molar-refractivity contribution in [2.45, 2.75) is 64.8 Å². The van der Waals surface area contributed by atoms with Gasteiger partial charge in [-0.15, -0.1) is 11.3 Å². The van der Waals surface area contributed by atoms with E-state index in [1.807, 2.05) is 6.92 Å². The fourth-order valence-electron chi connectivity index (χ4n) is 3.50. The summed E-state index contributed by atoms with van der Waals surface area (Å²) in [5.41, 5.74) is 1.29. The Balaban J connectivity index is 1.73. The highest BCUT2D eigenvalue weighted by molar-refractivity contribution is 7.15. The van der Waals surface area contributed by atoms with E-state index < -0.39 is 0 Å². The Morgan fingerprint density at radius 3 is 2.95 bits per heavy atom. The van der Waals surface area contributed by atoms with Gasteiger partial charge in [0.25, 0.3) is 0 Å². The highest BCUT2D eigenvalue weighted by Gasteiger charge is 2.37. The summed E-state index contributed by atoms with van der Waals surface area (Å²) in [4.78, 5) is 18.0. The SMILES string of the molecule is CCOC(=O)C1CCc2sc(NC3CCCC3(C)C)nc21. The maximum Gasteiger partial charge on any atom is 0.315 e. The number of ether oxygens (including phenoxy) is 1. The first kappa shape index (κ1) is 14.8. The van der Waals surface area contributed by atoms with Gasteiger partial charge in [0.2, 0.25) is 0 Å². The van der Waals surface area contributed by atoms with E-state index in [0.29, 0.717) is 18.1 Å². The summed E-state index contributed by atoms with van der Waals surface area (Å²) in [6, 6.07) is 0.491. The van der Waals surface area contributed by atoms with Gasteiger partial charge in [-0.05, 0) is 38.0 Å². The first-order chi connectivity index (χ1) is 10.0. The van der Waals surface area contributed by atoms with Crippen LogP contribution in [-0.2, 0) is 16.0 Å². The van der Waals surface area contributed by atoms with Crippen LogP contribution in [0.5, 0.6) is 0 Å². The molecule has 1 aromatic rings. The Kier molecular flexibility index (Phi) is 3.95. The smallest absolute Gasteiger partial charge is 0.315 e. The third-order valence-electron chi connectivity index (χ3n) is 4.84. The van der Waals surface area contributed by atoms with E-state index in [9.17, 15) is 4.79 Å². The molecule has 1 aromatic heterocycles. The third kappa shape index (κ3) is 2.80. The number of esters is 1. The van der Waals surface area contributed by atoms with E-state index in [0.717, 1.165) is 23.7 Å². The minimum absolute atomic E-state index is 0.116. The van der Waals surface area contributed by atoms with Gasteiger partial charge in [0.15, 0.2) is 5.13 Å². The zero-order valence-electron chi connectivity index (χ0n) is 13.1. The molecule has 5 heteroatoms. The maximum atomic E-state index is 12.0. The van der Waals surface area contributed by atoms with Crippen LogP contribution in [0.25, 0.3) is 0 Å². The van der Waals surface area contributed by atoms with Crippen LogP contribution in [-0.4, -0.2) is 23.6 Å². The quantitative estimate of drug-likeness (QED) is 0.861. The number of hydrogen-bond acceptors (Lipinski definition) is 5. The maximum absolute atomic E-state index is 12.0. The van der Waals surface area contributed by atoms with Crippen LogP contribution >= 0.6 is 11.3 Å². The number of fused-ring (bicyclic) bond motifs is 1. The normalized spacial score (nSPS) is 26.6. The molecule has 0 bridgehead atoms. The van der Waals surface area contributed by atoms with Gasteiger partial charge in [-0.2, -0.15) is 0 Å². The van der Waals surface area contributed by atoms with Crippen molar-refractivity contribution in [3.63, 3.8) is 0 Å². The number of carbonyl (C=O) groups excluding carboxylic acids is 1. The van der Waals surface area contributed by atoms with Crippen molar-refractivity contribution in [2.75, 3.05) is 11.9 Å². The summed E-state index contributed by atoms with van der Waals surface area (Å²) >= 11 is 1.72. The van der Waals surface area contributed by atoms with Gasteiger partial charge < -0.3 is 10.1 Å². The summed E-state index contributed by atoms with van der Waals surface area (Å²) in [5, 5.41) is 4.59. The summed E-state index contributed by atoms with van der Waals surface area (Å²) in [6.45, 7) is 6.93. The number of aromatic nitrogens is 1. The van der Waals surface area contributed by atoms with Crippen LogP contribution in [0.3, 0.4) is 0 Å². The molecule has 0 radical (unpaired) electrons. The van der Waals surface area contributed by atoms with E-state index >= 15 is 0 Å². The molecule has 2 aliphatic carbocycles. The Morgan fingerprint density at radius 1 is 1.48 bits per heavy atom. The van der Waals surface area contributed by atoms with E-state index in [2.05, 4.69) is 19.2 Å². The van der Waals surface area contributed by atoms with Crippen LogP contribution < -0.4 is 5.32 Å². The Hall–Kier alpha value is -1.10. The van der Waals surface area contributed by atoms with Crippen molar-refractivity contribution >= 4 is 22.4 Å². The van der Waals surface area contributed by atoms with Crippen LogP contribution in [0.15, 0.2) is 0 Å². The van der Waals surface area contributed by atoms with Gasteiger partial charge in [0.1, 0.15) is 5.92 Å². The first-order valence-electron chi connectivity index (χ1n) is 7.94. The Morgan fingerprint density at radius 2 is 2.29 bits per heavy atom. The number of nitrogens with zero attached hydrogens (tertiary/aromatic N) is 1. The van der Waals surface area contributed by atoms with Gasteiger partial charge in [-0.3, -0.25) is 4.79 Å². The van der Waals surface area contributed by atoms with Crippen molar-refractivity contribution < 1.29 is 9.53 Å². The molecule has 1 heterocycles. The first-order valence-corrected chi connectivity index (χ1v) is 8.75. The molecule has 1 fully saturated rings. The largest absolute Gasteiger partial charge is 0.465 e. The van der Waals surface area contributed by atoms with Crippen LogP contribution in [0.1, 0.15) is 62.9 Å². The molecule has 0 saturated heterocycles. The van der Waals surface area contributed by atoms with Gasteiger partial charge in [0.05, 0.1) is 12.3 Å². The zero-order valence-corrected chi connectivity index (χ0v) is 13.9. The fourth-order valence-corrected chi connectivity index (χ4v) is 4.60. The molecule has 2 atom stereocenters. The molecule has 21 heavy (non-hydrogen) atoms. The lowest BCUT2D eigenvalue weighted by molar-refractivity contribution is -0.145. The fraction of sp³-hybridized carbons (Fsp3) is 0.750. The van der Waals surface area contributed by atoms with Gasteiger partial charge in [-0.25, -0.2) is 4.98 Å². The summed E-state index contributed by atoms with van der Waals surface area (Å²) < 4.78 is 5.16. The van der Waals surface area contributed by atoms with Crippen molar-refractivity contribution in [1.29, 1.82) is 0 Å². The molecule has 2 unspecified atom stereocenters. The molecular formula is C16H24N2O2S. The number of nitrogens with one attached hydrogen (secondary N) is 1. The van der Waals surface area contributed by atoms with Gasteiger partial charge in [0, 0.05) is 10.9 Å². The second kappa shape index (κ2) is 5.59. The lowest BCUT2D eigenvalue weighted by Crippen LogP contribution is -2.30. The number of hydrogen-bond donors (Lipinski definition) is 1. The molecule has 0 spiro atoms. The Labute approximate surface area is 130 Å². The van der Waals surface area contributed by atoms with E-state index in [1.165, 1.54) is 24.1 Å².